The van der Waals surface area contributed by atoms with Crippen molar-refractivity contribution in [2.24, 2.45) is 0 Å². The molecule has 1 unspecified atom stereocenters. The quantitative estimate of drug-likeness (QED) is 0.692. The van der Waals surface area contributed by atoms with Crippen LogP contribution in [-0.2, 0) is 12.8 Å². The van der Waals surface area contributed by atoms with E-state index >= 15 is 0 Å². The van der Waals surface area contributed by atoms with Crippen LogP contribution in [-0.4, -0.2) is 6.04 Å². The van der Waals surface area contributed by atoms with Gasteiger partial charge in [0.25, 0.3) is 0 Å². The van der Waals surface area contributed by atoms with E-state index in [9.17, 15) is 0 Å². The number of nitrogens with one attached hydrogen (secondary N) is 1. The van der Waals surface area contributed by atoms with Crippen LogP contribution in [0.5, 0.6) is 0 Å². The van der Waals surface area contributed by atoms with E-state index in [1.807, 2.05) is 0 Å². The second-order valence-electron chi connectivity index (χ2n) is 3.93. The lowest BCUT2D eigenvalue weighted by atomic mass is 9.96. The molecule has 13 heavy (non-hydrogen) atoms. The highest BCUT2D eigenvalue weighted by Crippen LogP contribution is 2.25. The van der Waals surface area contributed by atoms with Crippen molar-refractivity contribution in [1.29, 1.82) is 0 Å². The molecular formula is C12H17N. The molecule has 1 aromatic rings. The van der Waals surface area contributed by atoms with Gasteiger partial charge in [0.1, 0.15) is 0 Å². The molecule has 1 aliphatic heterocycles. The average Bonchev–Trinajstić information content (AvgIpc) is 2.17. The van der Waals surface area contributed by atoms with E-state index in [2.05, 4.69) is 37.4 Å². The largest absolute Gasteiger partial charge is 0.382 e. The maximum Gasteiger partial charge on any atom is 0.0374 e. The third kappa shape index (κ3) is 1.69. The van der Waals surface area contributed by atoms with Gasteiger partial charge in [-0.25, -0.2) is 0 Å². The van der Waals surface area contributed by atoms with E-state index in [1.165, 1.54) is 29.7 Å². The number of aryl methyl sites for hydroxylation is 2. The molecule has 70 valence electrons. The minimum absolute atomic E-state index is 0.639. The van der Waals surface area contributed by atoms with Gasteiger partial charge in [-0.3, -0.25) is 0 Å². The molecule has 1 aliphatic rings. The van der Waals surface area contributed by atoms with Gasteiger partial charge in [0.05, 0.1) is 0 Å². The summed E-state index contributed by atoms with van der Waals surface area (Å²) in [5.74, 6) is 0. The van der Waals surface area contributed by atoms with Crippen molar-refractivity contribution in [3.8, 4) is 0 Å². The molecular weight excluding hydrogens is 158 g/mol. The summed E-state index contributed by atoms with van der Waals surface area (Å²) in [7, 11) is 0. The summed E-state index contributed by atoms with van der Waals surface area (Å²) in [5.41, 5.74) is 4.29. The zero-order valence-corrected chi connectivity index (χ0v) is 8.43. The van der Waals surface area contributed by atoms with Crippen molar-refractivity contribution >= 4 is 5.69 Å². The first-order valence-corrected chi connectivity index (χ1v) is 5.18. The molecule has 1 aromatic carbocycles. The normalized spacial score (nSPS) is 20.6. The SMILES string of the molecule is CCc1ccc2c(c1)CCC(C)N2. The highest BCUT2D eigenvalue weighted by Gasteiger charge is 2.13. The van der Waals surface area contributed by atoms with Crippen molar-refractivity contribution < 1.29 is 0 Å². The van der Waals surface area contributed by atoms with E-state index in [4.69, 9.17) is 0 Å². The fraction of sp³-hybridized carbons (Fsp3) is 0.500. The third-order valence-corrected chi connectivity index (χ3v) is 2.83. The van der Waals surface area contributed by atoms with Crippen molar-refractivity contribution in [1.82, 2.24) is 0 Å². The lowest BCUT2D eigenvalue weighted by Gasteiger charge is -2.24. The van der Waals surface area contributed by atoms with E-state index in [-0.39, 0.29) is 0 Å². The molecule has 1 heterocycles. The molecule has 0 radical (unpaired) electrons. The monoisotopic (exact) mass is 175 g/mol. The van der Waals surface area contributed by atoms with Gasteiger partial charge >= 0.3 is 0 Å². The number of anilines is 1. The average molecular weight is 175 g/mol. The van der Waals surface area contributed by atoms with Crippen molar-refractivity contribution in [2.45, 2.75) is 39.2 Å². The standard InChI is InChI=1S/C12H17N/c1-3-10-5-7-12-11(8-10)6-4-9(2)13-12/h5,7-9,13H,3-4,6H2,1-2H3. The first kappa shape index (κ1) is 8.61. The zero-order chi connectivity index (χ0) is 9.26. The molecule has 1 heteroatoms. The maximum atomic E-state index is 3.51. The first-order valence-electron chi connectivity index (χ1n) is 5.18. The molecule has 1 nitrogen and oxygen atoms in total. The fourth-order valence-corrected chi connectivity index (χ4v) is 1.92. The van der Waals surface area contributed by atoms with Crippen LogP contribution < -0.4 is 5.32 Å². The van der Waals surface area contributed by atoms with Gasteiger partial charge < -0.3 is 5.32 Å². The van der Waals surface area contributed by atoms with Gasteiger partial charge in [0.2, 0.25) is 0 Å². The Bertz CT molecular complexity index is 304. The summed E-state index contributed by atoms with van der Waals surface area (Å²) in [5, 5.41) is 3.51. The van der Waals surface area contributed by atoms with Gasteiger partial charge in [-0.15, -0.1) is 0 Å². The van der Waals surface area contributed by atoms with Crippen molar-refractivity contribution in [3.05, 3.63) is 29.3 Å². The summed E-state index contributed by atoms with van der Waals surface area (Å²) in [6, 6.07) is 7.43. The fourth-order valence-electron chi connectivity index (χ4n) is 1.92. The Hall–Kier alpha value is -0.980. The summed E-state index contributed by atoms with van der Waals surface area (Å²) >= 11 is 0. The van der Waals surface area contributed by atoms with Crippen LogP contribution in [0.1, 0.15) is 31.4 Å². The number of hydrogen-bond acceptors (Lipinski definition) is 1. The number of fused-ring (bicyclic) bond motifs is 1. The van der Waals surface area contributed by atoms with Crippen molar-refractivity contribution in [2.75, 3.05) is 5.32 Å². The van der Waals surface area contributed by atoms with E-state index in [1.54, 1.807) is 0 Å². The van der Waals surface area contributed by atoms with Crippen LogP contribution in [0.25, 0.3) is 0 Å². The Kier molecular flexibility index (Phi) is 2.26. The van der Waals surface area contributed by atoms with Crippen LogP contribution in [0.15, 0.2) is 18.2 Å². The highest BCUT2D eigenvalue weighted by molar-refractivity contribution is 5.55. The van der Waals surface area contributed by atoms with Gasteiger partial charge in [0, 0.05) is 11.7 Å². The molecule has 0 saturated heterocycles. The Balaban J connectivity index is 2.31. The number of hydrogen-bond donors (Lipinski definition) is 1. The van der Waals surface area contributed by atoms with Crippen LogP contribution in [0.3, 0.4) is 0 Å². The molecule has 0 saturated carbocycles. The molecule has 2 rings (SSSR count). The van der Waals surface area contributed by atoms with E-state index in [0.717, 1.165) is 6.42 Å². The predicted molar refractivity (Wildman–Crippen MR) is 57.2 cm³/mol. The summed E-state index contributed by atoms with van der Waals surface area (Å²) in [6.45, 7) is 4.46. The Morgan fingerprint density at radius 3 is 3.08 bits per heavy atom. The summed E-state index contributed by atoms with van der Waals surface area (Å²) in [6.07, 6.45) is 3.64. The van der Waals surface area contributed by atoms with Crippen LogP contribution in [0.2, 0.25) is 0 Å². The Morgan fingerprint density at radius 1 is 1.46 bits per heavy atom. The summed E-state index contributed by atoms with van der Waals surface area (Å²) < 4.78 is 0. The second kappa shape index (κ2) is 3.41. The molecule has 0 amide bonds. The molecule has 0 bridgehead atoms. The van der Waals surface area contributed by atoms with E-state index < -0.39 is 0 Å². The maximum absolute atomic E-state index is 3.51. The lowest BCUT2D eigenvalue weighted by molar-refractivity contribution is 0.680. The van der Waals surface area contributed by atoms with Crippen LogP contribution in [0.4, 0.5) is 5.69 Å². The van der Waals surface area contributed by atoms with E-state index in [0.29, 0.717) is 6.04 Å². The van der Waals surface area contributed by atoms with Crippen molar-refractivity contribution in [3.63, 3.8) is 0 Å². The Labute approximate surface area is 80.2 Å². The zero-order valence-electron chi connectivity index (χ0n) is 8.43. The molecule has 0 aliphatic carbocycles. The first-order chi connectivity index (χ1) is 6.29. The lowest BCUT2D eigenvalue weighted by Crippen LogP contribution is -2.21. The van der Waals surface area contributed by atoms with Gasteiger partial charge in [-0.2, -0.15) is 0 Å². The van der Waals surface area contributed by atoms with Gasteiger partial charge in [-0.1, -0.05) is 19.1 Å². The van der Waals surface area contributed by atoms with Crippen LogP contribution >= 0.6 is 0 Å². The minimum atomic E-state index is 0.639. The van der Waals surface area contributed by atoms with Crippen LogP contribution in [0, 0.1) is 0 Å². The molecule has 0 fully saturated rings. The Morgan fingerprint density at radius 2 is 2.31 bits per heavy atom. The highest BCUT2D eigenvalue weighted by atomic mass is 14.9. The molecule has 0 aromatic heterocycles. The topological polar surface area (TPSA) is 12.0 Å². The van der Waals surface area contributed by atoms with Gasteiger partial charge in [0.15, 0.2) is 0 Å². The second-order valence-corrected chi connectivity index (χ2v) is 3.93. The molecule has 0 spiro atoms. The summed E-state index contributed by atoms with van der Waals surface area (Å²) in [4.78, 5) is 0. The molecule has 1 N–H and O–H groups in total. The number of rotatable bonds is 1. The predicted octanol–water partition coefficient (Wildman–Crippen LogP) is 3.00. The smallest absolute Gasteiger partial charge is 0.0374 e. The minimum Gasteiger partial charge on any atom is -0.382 e. The van der Waals surface area contributed by atoms with Gasteiger partial charge in [-0.05, 0) is 43.4 Å². The number of benzene rings is 1. The third-order valence-electron chi connectivity index (χ3n) is 2.83. The molecule has 1 atom stereocenters.